The van der Waals surface area contributed by atoms with Crippen molar-refractivity contribution in [3.8, 4) is 0 Å². The summed E-state index contributed by atoms with van der Waals surface area (Å²) >= 11 is 0. The fourth-order valence-electron chi connectivity index (χ4n) is 7.88. The molecular weight excluding hydrogens is 1050 g/mol. The number of aliphatic carboxylic acids is 4. The molecule has 1 rings (SSSR count). The van der Waals surface area contributed by atoms with Gasteiger partial charge in [0, 0.05) is 32.4 Å². The van der Waals surface area contributed by atoms with Crippen LogP contribution in [-0.4, -0.2) is 189 Å². The monoisotopic (exact) mass is 1130 g/mol. The Bertz CT molecular complexity index is 2140. The largest absolute Gasteiger partial charge is 0.481 e. The number of carbonyl (C=O) groups excluding carboxylic acids is 8. The third-order valence-corrected chi connectivity index (χ3v) is 11.9. The molecule has 0 saturated carbocycles. The number of carboxylic acid groups (broad SMARTS) is 4. The molecule has 1 heterocycles. The molecule has 1 aliphatic rings. The van der Waals surface area contributed by atoms with E-state index in [4.69, 9.17) is 22.3 Å². The molecule has 8 amide bonds. The van der Waals surface area contributed by atoms with E-state index in [0.717, 1.165) is 0 Å². The summed E-state index contributed by atoms with van der Waals surface area (Å²) in [7, 11) is 0. The van der Waals surface area contributed by atoms with Gasteiger partial charge in [0.1, 0.15) is 48.3 Å². The summed E-state index contributed by atoms with van der Waals surface area (Å²) in [5, 5.41) is 90.3. The van der Waals surface area contributed by atoms with Crippen molar-refractivity contribution in [3.63, 3.8) is 0 Å². The lowest BCUT2D eigenvalue weighted by Crippen LogP contribution is -2.60. The molecule has 79 heavy (non-hydrogen) atoms. The van der Waals surface area contributed by atoms with Crippen LogP contribution in [0.2, 0.25) is 0 Å². The summed E-state index contributed by atoms with van der Waals surface area (Å²) in [4.78, 5) is 157. The Hall–Kier alpha value is -7.90. The fourth-order valence-corrected chi connectivity index (χ4v) is 7.88. The first-order valence-corrected chi connectivity index (χ1v) is 25.9. The van der Waals surface area contributed by atoms with Gasteiger partial charge in [-0.25, -0.2) is 4.79 Å². The highest BCUT2D eigenvalue weighted by molar-refractivity contribution is 5.98. The highest BCUT2D eigenvalue weighted by Gasteiger charge is 2.36. The van der Waals surface area contributed by atoms with Gasteiger partial charge in [-0.05, 0) is 89.0 Å². The molecule has 446 valence electrons. The third kappa shape index (κ3) is 28.9. The quantitative estimate of drug-likeness (QED) is 0.0156. The Balaban J connectivity index is 3.53. The van der Waals surface area contributed by atoms with Crippen LogP contribution >= 0.6 is 0 Å². The number of hydrogen-bond donors (Lipinski definition) is 20. The Labute approximate surface area is 456 Å². The highest BCUT2D eigenvalue weighted by Crippen LogP contribution is 2.13. The van der Waals surface area contributed by atoms with Crippen LogP contribution in [0.1, 0.15) is 118 Å². The van der Waals surface area contributed by atoms with Crippen molar-refractivity contribution in [1.29, 1.82) is 10.8 Å². The Morgan fingerprint density at radius 3 is 1.10 bits per heavy atom. The van der Waals surface area contributed by atoms with Gasteiger partial charge in [0.15, 0.2) is 11.9 Å². The van der Waals surface area contributed by atoms with Crippen molar-refractivity contribution in [2.24, 2.45) is 23.3 Å². The summed E-state index contributed by atoms with van der Waals surface area (Å²) < 4.78 is 0. The van der Waals surface area contributed by atoms with Crippen molar-refractivity contribution in [3.05, 3.63) is 0 Å². The van der Waals surface area contributed by atoms with Crippen molar-refractivity contribution in [2.75, 3.05) is 26.2 Å². The molecule has 22 N–H and O–H groups in total. The van der Waals surface area contributed by atoms with Gasteiger partial charge in [0.05, 0.1) is 12.6 Å². The second kappa shape index (κ2) is 36.2. The number of hydrogen-bond acceptors (Lipinski definition) is 16. The number of guanidine groups is 2. The van der Waals surface area contributed by atoms with Crippen LogP contribution in [-0.2, 0) is 57.5 Å². The van der Waals surface area contributed by atoms with Gasteiger partial charge >= 0.3 is 23.9 Å². The fraction of sp³-hybridized carbons (Fsp3) is 0.702. The topological polar surface area (TPSA) is 538 Å². The van der Waals surface area contributed by atoms with Crippen LogP contribution in [0.3, 0.4) is 0 Å². The maximum atomic E-state index is 14.1. The Morgan fingerprint density at radius 2 is 0.797 bits per heavy atom. The average molecular weight is 1130 g/mol. The number of carbonyl (C=O) groups is 12. The first-order chi connectivity index (χ1) is 37.0. The van der Waals surface area contributed by atoms with E-state index in [1.807, 2.05) is 0 Å². The van der Waals surface area contributed by atoms with E-state index in [0.29, 0.717) is 19.4 Å². The zero-order chi connectivity index (χ0) is 59.9. The molecule has 0 aromatic heterocycles. The van der Waals surface area contributed by atoms with Crippen molar-refractivity contribution < 1.29 is 83.1 Å². The second-order valence-electron chi connectivity index (χ2n) is 19.7. The molecule has 0 aromatic rings. The summed E-state index contributed by atoms with van der Waals surface area (Å²) in [5.41, 5.74) is 10.6. The summed E-state index contributed by atoms with van der Waals surface area (Å²) in [6, 6.07) is -13.4. The molecule has 1 fully saturated rings. The summed E-state index contributed by atoms with van der Waals surface area (Å²) in [5.74, 6) is -15.3. The minimum absolute atomic E-state index is 0.0546. The first-order valence-electron chi connectivity index (χ1n) is 25.9. The Kier molecular flexibility index (Phi) is 31.7. The van der Waals surface area contributed by atoms with Gasteiger partial charge in [0.2, 0.25) is 47.3 Å². The van der Waals surface area contributed by atoms with Gasteiger partial charge in [0.25, 0.3) is 0 Å². The predicted molar refractivity (Wildman–Crippen MR) is 279 cm³/mol. The molecule has 1 aliphatic heterocycles. The molecule has 0 unspecified atom stereocenters. The lowest BCUT2D eigenvalue weighted by Gasteiger charge is -2.28. The number of carboxylic acids is 4. The van der Waals surface area contributed by atoms with E-state index in [1.165, 1.54) is 0 Å². The number of aliphatic hydroxyl groups is 1. The molecule has 0 aromatic carbocycles. The SMILES string of the molecule is CC(C)C[C@H](NC(=O)[C@H](CCC(=O)O)NC(=O)[C@H](CCC(=O)O)NC(=O)[C@H](CCC(=O)O)NC(=O)[C@H](CC(C)C)NC(=O)[C@H](CCCNC(=N)N)NC(=O)[C@H](CO)NC(=O)[C@@H]1CCCN1)C(=O)N[C@@H](CCCNC(=N)N)C(=O)O. The molecular formula is C47H81N15O17. The lowest BCUT2D eigenvalue weighted by molar-refractivity contribution is -0.142. The van der Waals surface area contributed by atoms with Gasteiger partial charge < -0.3 is 95.5 Å². The zero-order valence-corrected chi connectivity index (χ0v) is 44.9. The predicted octanol–water partition coefficient (Wildman–Crippen LogP) is -5.09. The normalized spacial score (nSPS) is 15.9. The standard InChI is InChI=1S/C47H81N15O17/c1-23(2)20-31(60-38(71)26(9-6-18-53-46(48)49)55-44(77)33(22-63)62-37(70)25-8-5-17-52-25)42(75)58-28(12-15-35(66)67)40(73)56-27(11-14-34(64)65)39(72)57-29(13-16-36(68)69)41(74)61-32(21-24(3)4)43(76)59-30(45(78)79)10-7-19-54-47(50)51/h23-33,52,63H,5-22H2,1-4H3,(H,55,77)(H,56,73)(H,57,72)(H,58,75)(H,59,76)(H,60,71)(H,61,74)(H,62,70)(H,64,65)(H,66,67)(H,68,69)(H,78,79)(H4,48,49,53)(H4,50,51,54)/t25-,26-,27-,28-,29-,30-,31-,32-,33-/m0/s1. The van der Waals surface area contributed by atoms with Gasteiger partial charge in [-0.1, -0.05) is 27.7 Å². The van der Waals surface area contributed by atoms with Crippen LogP contribution in [0.4, 0.5) is 0 Å². The maximum Gasteiger partial charge on any atom is 0.326 e. The minimum atomic E-state index is -1.87. The molecule has 32 nitrogen and oxygen atoms in total. The molecule has 0 bridgehead atoms. The number of rotatable bonds is 39. The number of aliphatic hydroxyl groups excluding tert-OH is 1. The van der Waals surface area contributed by atoms with Crippen LogP contribution < -0.4 is 70.0 Å². The number of amides is 8. The van der Waals surface area contributed by atoms with Crippen LogP contribution in [0, 0.1) is 22.7 Å². The van der Waals surface area contributed by atoms with Crippen molar-refractivity contribution in [1.82, 2.24) is 58.5 Å². The van der Waals surface area contributed by atoms with Crippen LogP contribution in [0.25, 0.3) is 0 Å². The summed E-state index contributed by atoms with van der Waals surface area (Å²) in [6.45, 7) is 6.55. The molecule has 0 radical (unpaired) electrons. The van der Waals surface area contributed by atoms with Gasteiger partial charge in [-0.2, -0.15) is 0 Å². The lowest BCUT2D eigenvalue weighted by atomic mass is 10.0. The molecule has 32 heteroatoms. The Morgan fingerprint density at radius 1 is 0.481 bits per heavy atom. The summed E-state index contributed by atoms with van der Waals surface area (Å²) in [6.07, 6.45) is -3.30. The van der Waals surface area contributed by atoms with E-state index in [2.05, 4.69) is 58.5 Å². The van der Waals surface area contributed by atoms with Crippen molar-refractivity contribution in [2.45, 2.75) is 172 Å². The van der Waals surface area contributed by atoms with Crippen LogP contribution in [0.15, 0.2) is 0 Å². The average Bonchev–Trinajstić information content (AvgIpc) is 3.90. The number of nitrogens with one attached hydrogen (secondary N) is 13. The maximum absolute atomic E-state index is 14.1. The molecule has 0 aliphatic carbocycles. The molecule has 0 spiro atoms. The minimum Gasteiger partial charge on any atom is -0.481 e. The van der Waals surface area contributed by atoms with E-state index in [1.54, 1.807) is 27.7 Å². The molecule has 9 atom stereocenters. The zero-order valence-electron chi connectivity index (χ0n) is 44.9. The number of nitrogens with two attached hydrogens (primary N) is 2. The van der Waals surface area contributed by atoms with Gasteiger partial charge in [-0.3, -0.25) is 63.6 Å². The highest BCUT2D eigenvalue weighted by atomic mass is 16.4. The van der Waals surface area contributed by atoms with Crippen LogP contribution in [0.5, 0.6) is 0 Å². The van der Waals surface area contributed by atoms with E-state index < -0.39 is 177 Å². The molecule has 1 saturated heterocycles. The van der Waals surface area contributed by atoms with E-state index >= 15 is 0 Å². The third-order valence-electron chi connectivity index (χ3n) is 11.9. The smallest absolute Gasteiger partial charge is 0.326 e. The second-order valence-corrected chi connectivity index (χ2v) is 19.7. The van der Waals surface area contributed by atoms with E-state index in [-0.39, 0.29) is 69.4 Å². The van der Waals surface area contributed by atoms with E-state index in [9.17, 15) is 83.1 Å². The first kappa shape index (κ1) is 69.1. The van der Waals surface area contributed by atoms with Gasteiger partial charge in [-0.15, -0.1) is 0 Å². The van der Waals surface area contributed by atoms with Crippen molar-refractivity contribution >= 4 is 83.1 Å².